The van der Waals surface area contributed by atoms with E-state index in [-0.39, 0.29) is 32.3 Å². The largest absolute Gasteiger partial charge is 0.356 e. The lowest BCUT2D eigenvalue weighted by molar-refractivity contribution is -0.119. The summed E-state index contributed by atoms with van der Waals surface area (Å²) in [6, 6.07) is 16.1. The monoisotopic (exact) mass is 564 g/mol. The molecule has 4 rings (SSSR count). The maximum absolute atomic E-state index is 13.8. The van der Waals surface area contributed by atoms with E-state index >= 15 is 0 Å². The number of carbonyl (C=O) groups excluding carboxylic acids is 2. The van der Waals surface area contributed by atoms with Gasteiger partial charge in [0.25, 0.3) is 5.91 Å². The van der Waals surface area contributed by atoms with Crippen molar-refractivity contribution in [1.82, 2.24) is 5.32 Å². The third-order valence-corrected chi connectivity index (χ3v) is 9.11. The molecule has 0 bridgehead atoms. The molecule has 3 aromatic carbocycles. The summed E-state index contributed by atoms with van der Waals surface area (Å²) in [4.78, 5) is 24.5. The van der Waals surface area contributed by atoms with Crippen LogP contribution in [-0.4, -0.2) is 26.8 Å². The van der Waals surface area contributed by atoms with Gasteiger partial charge in [-0.15, -0.1) is 0 Å². The normalized spacial score (nSPS) is 17.2. The molecule has 3 aromatic rings. The number of hydrogen-bond donors (Lipinski definition) is 2. The zero-order valence-corrected chi connectivity index (χ0v) is 22.3. The van der Waals surface area contributed by atoms with Crippen LogP contribution in [0.15, 0.2) is 65.6 Å². The van der Waals surface area contributed by atoms with Crippen molar-refractivity contribution in [2.24, 2.45) is 5.92 Å². The fraction of sp³-hybridized carbons (Fsp3) is 0.231. The molecule has 10 heteroatoms. The molecule has 36 heavy (non-hydrogen) atoms. The quantitative estimate of drug-likeness (QED) is 0.377. The molecular weight excluding hydrogens is 543 g/mol. The van der Waals surface area contributed by atoms with Crippen molar-refractivity contribution in [2.75, 3.05) is 11.9 Å². The third kappa shape index (κ3) is 5.70. The van der Waals surface area contributed by atoms with Gasteiger partial charge in [-0.25, -0.2) is 8.42 Å². The number of sulfone groups is 1. The Labute approximate surface area is 224 Å². The minimum absolute atomic E-state index is 0.0808. The molecule has 0 saturated heterocycles. The highest BCUT2D eigenvalue weighted by Gasteiger charge is 2.37. The average molecular weight is 566 g/mol. The number of rotatable bonds is 6. The molecule has 0 heterocycles. The summed E-state index contributed by atoms with van der Waals surface area (Å²) in [5.74, 6) is -0.756. The molecule has 0 spiro atoms. The second-order valence-electron chi connectivity index (χ2n) is 8.70. The number of nitrogens with one attached hydrogen (secondary N) is 2. The average Bonchev–Trinajstić information content (AvgIpc) is 2.82. The first-order valence-electron chi connectivity index (χ1n) is 11.2. The van der Waals surface area contributed by atoms with E-state index in [1.807, 2.05) is 0 Å². The first-order chi connectivity index (χ1) is 17.1. The Kier molecular flexibility index (Phi) is 7.95. The second-order valence-corrected chi connectivity index (χ2v) is 12.1. The molecule has 0 aliphatic heterocycles. The highest BCUT2D eigenvalue weighted by molar-refractivity contribution is 7.91. The topological polar surface area (TPSA) is 92.3 Å². The zero-order valence-electron chi connectivity index (χ0n) is 19.2. The van der Waals surface area contributed by atoms with E-state index in [1.54, 1.807) is 48.5 Å². The van der Waals surface area contributed by atoms with E-state index in [1.165, 1.54) is 19.1 Å². The van der Waals surface area contributed by atoms with Crippen LogP contribution in [-0.2, 0) is 21.1 Å². The molecule has 2 amide bonds. The number of halogens is 3. The zero-order chi connectivity index (χ0) is 26.0. The molecule has 0 aromatic heterocycles. The summed E-state index contributed by atoms with van der Waals surface area (Å²) in [7, 11) is -3.83. The fourth-order valence-electron chi connectivity index (χ4n) is 4.44. The van der Waals surface area contributed by atoms with Gasteiger partial charge in [-0.2, -0.15) is 0 Å². The molecular formula is C26H23Cl3N2O4S. The van der Waals surface area contributed by atoms with Gasteiger partial charge in [0, 0.05) is 24.2 Å². The summed E-state index contributed by atoms with van der Waals surface area (Å²) < 4.78 is 27.5. The van der Waals surface area contributed by atoms with Gasteiger partial charge >= 0.3 is 0 Å². The molecule has 1 aliphatic rings. The lowest BCUT2D eigenvalue weighted by Crippen LogP contribution is -2.33. The van der Waals surface area contributed by atoms with Gasteiger partial charge in [-0.1, -0.05) is 53.0 Å². The third-order valence-electron chi connectivity index (χ3n) is 6.14. The van der Waals surface area contributed by atoms with Crippen molar-refractivity contribution in [3.8, 4) is 0 Å². The van der Waals surface area contributed by atoms with Gasteiger partial charge in [0.2, 0.25) is 5.91 Å². The lowest BCUT2D eigenvalue weighted by atomic mass is 9.83. The van der Waals surface area contributed by atoms with Gasteiger partial charge in [0.15, 0.2) is 9.84 Å². The van der Waals surface area contributed by atoms with Crippen molar-refractivity contribution in [2.45, 2.75) is 29.9 Å². The van der Waals surface area contributed by atoms with Crippen LogP contribution in [0.3, 0.4) is 0 Å². The SMILES string of the molecule is CC(=O)NCC1Cc2ccc(NC(=O)c3c(Cl)cccc3Cl)cc2C(S(=O)(=O)c2cccc(Cl)c2)C1. The van der Waals surface area contributed by atoms with Crippen LogP contribution in [0.4, 0.5) is 5.69 Å². The van der Waals surface area contributed by atoms with Crippen LogP contribution in [0.1, 0.15) is 40.1 Å². The van der Waals surface area contributed by atoms with E-state index in [0.717, 1.165) is 5.56 Å². The Morgan fingerprint density at radius 1 is 0.972 bits per heavy atom. The van der Waals surface area contributed by atoms with Gasteiger partial charge < -0.3 is 10.6 Å². The van der Waals surface area contributed by atoms with Gasteiger partial charge in [-0.3, -0.25) is 9.59 Å². The van der Waals surface area contributed by atoms with Crippen molar-refractivity contribution >= 4 is 62.1 Å². The molecule has 2 atom stereocenters. The van der Waals surface area contributed by atoms with Crippen LogP contribution >= 0.6 is 34.8 Å². The maximum atomic E-state index is 13.8. The predicted octanol–water partition coefficient (Wildman–Crippen LogP) is 6.11. The molecule has 0 fully saturated rings. The number of carbonyl (C=O) groups is 2. The Hall–Kier alpha value is -2.58. The number of anilines is 1. The van der Waals surface area contributed by atoms with E-state index < -0.39 is 21.0 Å². The summed E-state index contributed by atoms with van der Waals surface area (Å²) in [5, 5.41) is 5.42. The van der Waals surface area contributed by atoms with Gasteiger partial charge in [0.05, 0.1) is 25.8 Å². The standard InChI is InChI=1S/C26H23Cl3N2O4S/c1-15(32)30-14-16-10-17-8-9-19(31-26(33)25-22(28)6-3-7-23(25)29)13-21(17)24(11-16)36(34,35)20-5-2-4-18(27)12-20/h2-9,12-13,16,24H,10-11,14H2,1H3,(H,30,32)(H,31,33). The predicted molar refractivity (Wildman–Crippen MR) is 143 cm³/mol. The van der Waals surface area contributed by atoms with Gasteiger partial charge in [0.1, 0.15) is 0 Å². The van der Waals surface area contributed by atoms with E-state index in [4.69, 9.17) is 34.8 Å². The summed E-state index contributed by atoms with van der Waals surface area (Å²) in [5.41, 5.74) is 1.98. The van der Waals surface area contributed by atoms with E-state index in [0.29, 0.717) is 35.7 Å². The number of benzene rings is 3. The summed E-state index contributed by atoms with van der Waals surface area (Å²) in [6.07, 6.45) is 0.887. The molecule has 2 N–H and O–H groups in total. The molecule has 0 radical (unpaired) electrons. The minimum atomic E-state index is -3.83. The summed E-state index contributed by atoms with van der Waals surface area (Å²) in [6.45, 7) is 1.79. The first kappa shape index (κ1) is 26.5. The minimum Gasteiger partial charge on any atom is -0.356 e. The second kappa shape index (κ2) is 10.8. The van der Waals surface area contributed by atoms with Gasteiger partial charge in [-0.05, 0) is 72.4 Å². The van der Waals surface area contributed by atoms with Crippen molar-refractivity contribution in [3.63, 3.8) is 0 Å². The Morgan fingerprint density at radius 2 is 1.67 bits per heavy atom. The Bertz CT molecular complexity index is 1420. The number of fused-ring (bicyclic) bond motifs is 1. The number of amides is 2. The Morgan fingerprint density at radius 3 is 2.33 bits per heavy atom. The van der Waals surface area contributed by atoms with Crippen LogP contribution < -0.4 is 10.6 Å². The highest BCUT2D eigenvalue weighted by Crippen LogP contribution is 2.42. The van der Waals surface area contributed by atoms with Crippen molar-refractivity contribution in [1.29, 1.82) is 0 Å². The van der Waals surface area contributed by atoms with Crippen LogP contribution in [0, 0.1) is 5.92 Å². The molecule has 1 aliphatic carbocycles. The molecule has 6 nitrogen and oxygen atoms in total. The van der Waals surface area contributed by atoms with E-state index in [9.17, 15) is 18.0 Å². The first-order valence-corrected chi connectivity index (χ1v) is 13.9. The maximum Gasteiger partial charge on any atom is 0.258 e. The van der Waals surface area contributed by atoms with Crippen LogP contribution in [0.5, 0.6) is 0 Å². The fourth-order valence-corrected chi connectivity index (χ4v) is 7.23. The molecule has 0 saturated carbocycles. The lowest BCUT2D eigenvalue weighted by Gasteiger charge is -2.32. The van der Waals surface area contributed by atoms with Crippen LogP contribution in [0.2, 0.25) is 15.1 Å². The Balaban J connectivity index is 1.72. The summed E-state index contributed by atoms with van der Waals surface area (Å²) >= 11 is 18.4. The number of hydrogen-bond acceptors (Lipinski definition) is 4. The van der Waals surface area contributed by atoms with E-state index in [2.05, 4.69) is 10.6 Å². The van der Waals surface area contributed by atoms with Crippen molar-refractivity contribution in [3.05, 3.63) is 92.4 Å². The molecule has 2 unspecified atom stereocenters. The molecule has 188 valence electrons. The smallest absolute Gasteiger partial charge is 0.258 e. The van der Waals surface area contributed by atoms with Crippen LogP contribution in [0.25, 0.3) is 0 Å². The van der Waals surface area contributed by atoms with Crippen molar-refractivity contribution < 1.29 is 18.0 Å². The highest BCUT2D eigenvalue weighted by atomic mass is 35.5.